The van der Waals surface area contributed by atoms with Crippen molar-refractivity contribution < 1.29 is 4.74 Å². The summed E-state index contributed by atoms with van der Waals surface area (Å²) in [5, 5.41) is 0.720. The molecule has 4 aromatic rings. The molecule has 1 fully saturated rings. The molecule has 2 N–H and O–H groups in total. The first-order chi connectivity index (χ1) is 14.7. The monoisotopic (exact) mass is 499 g/mol. The minimum Gasteiger partial charge on any atom is -0.383 e. The number of halogens is 2. The molecule has 0 aliphatic carbocycles. The van der Waals surface area contributed by atoms with Crippen LogP contribution in [0, 0.1) is 0 Å². The van der Waals surface area contributed by atoms with Crippen molar-refractivity contribution in [2.24, 2.45) is 0 Å². The highest BCUT2D eigenvalue weighted by molar-refractivity contribution is 9.10. The lowest BCUT2D eigenvalue weighted by Crippen LogP contribution is -2.36. The summed E-state index contributed by atoms with van der Waals surface area (Å²) in [4.78, 5) is 24.5. The average Bonchev–Trinajstić information content (AvgIpc) is 2.79. The number of anilines is 2. The Morgan fingerprint density at radius 3 is 2.55 bits per heavy atom. The molecule has 0 atom stereocenters. The molecule has 5 rings (SSSR count). The number of nitrogen functional groups attached to an aromatic ring is 1. The predicted molar refractivity (Wildman–Crippen MR) is 126 cm³/mol. The van der Waals surface area contributed by atoms with Crippen LogP contribution in [0.1, 0.15) is 0 Å². The van der Waals surface area contributed by atoms with Crippen molar-refractivity contribution in [1.29, 1.82) is 0 Å². The van der Waals surface area contributed by atoms with Crippen LogP contribution < -0.4 is 10.6 Å². The lowest BCUT2D eigenvalue weighted by molar-refractivity contribution is 0.122. The van der Waals surface area contributed by atoms with Crippen molar-refractivity contribution in [3.8, 4) is 22.5 Å². The number of pyridine rings is 1. The predicted octanol–water partition coefficient (Wildman–Crippen LogP) is 3.75. The van der Waals surface area contributed by atoms with Crippen LogP contribution in [-0.2, 0) is 4.74 Å². The topological polar surface area (TPSA) is 103 Å². The highest BCUT2D eigenvalue weighted by Gasteiger charge is 2.16. The van der Waals surface area contributed by atoms with Gasteiger partial charge in [-0.1, -0.05) is 28.1 Å². The molecule has 10 heteroatoms. The van der Waals surface area contributed by atoms with E-state index in [1.807, 2.05) is 30.3 Å². The summed E-state index contributed by atoms with van der Waals surface area (Å²) in [7, 11) is 0. The van der Waals surface area contributed by atoms with E-state index in [0.29, 0.717) is 36.1 Å². The quantitative estimate of drug-likeness (QED) is 0.454. The number of ether oxygens (including phenoxy) is 1. The van der Waals surface area contributed by atoms with E-state index in [2.05, 4.69) is 45.7 Å². The third-order valence-corrected chi connectivity index (χ3v) is 5.50. The number of aromatic nitrogens is 5. The summed E-state index contributed by atoms with van der Waals surface area (Å²) in [6.45, 7) is 3.02. The number of fused-ring (bicyclic) bond motifs is 1. The van der Waals surface area contributed by atoms with Crippen LogP contribution in [0.15, 0.2) is 53.5 Å². The van der Waals surface area contributed by atoms with E-state index >= 15 is 0 Å². The molecule has 158 valence electrons. The van der Waals surface area contributed by atoms with E-state index in [1.54, 1.807) is 12.4 Å². The molecule has 1 aliphatic heterocycles. The van der Waals surface area contributed by atoms with Crippen LogP contribution in [0.4, 0.5) is 11.6 Å². The number of nitrogens with zero attached hydrogens (tertiary/aromatic N) is 6. The van der Waals surface area contributed by atoms with Crippen LogP contribution in [0.5, 0.6) is 0 Å². The van der Waals surface area contributed by atoms with Crippen molar-refractivity contribution in [3.63, 3.8) is 0 Å². The number of nitrogens with two attached hydrogens (primary N) is 1. The Bertz CT molecular complexity index is 1220. The highest BCUT2D eigenvalue weighted by Crippen LogP contribution is 2.34. The van der Waals surface area contributed by atoms with Crippen LogP contribution in [0.3, 0.4) is 0 Å². The smallest absolute Gasteiger partial charge is 0.165 e. The number of rotatable bonds is 3. The molecule has 4 heterocycles. The summed E-state index contributed by atoms with van der Waals surface area (Å²) < 4.78 is 6.37. The maximum atomic E-state index is 6.18. The van der Waals surface area contributed by atoms with E-state index in [-0.39, 0.29) is 12.4 Å². The van der Waals surface area contributed by atoms with E-state index in [4.69, 9.17) is 10.5 Å². The second kappa shape index (κ2) is 9.09. The normalized spacial score (nSPS) is 13.8. The largest absolute Gasteiger partial charge is 0.383 e. The lowest BCUT2D eigenvalue weighted by Gasteiger charge is -2.27. The fourth-order valence-corrected chi connectivity index (χ4v) is 3.91. The van der Waals surface area contributed by atoms with Crippen molar-refractivity contribution in [2.75, 3.05) is 36.9 Å². The van der Waals surface area contributed by atoms with Gasteiger partial charge in [-0.05, 0) is 29.3 Å². The SMILES string of the molecule is Cl.Nc1ncnc2nc(-c3cnc(N4CCOCC4)cn3)cc(-c3cccc(Br)c3)c12. The molecule has 0 amide bonds. The van der Waals surface area contributed by atoms with Crippen molar-refractivity contribution >= 4 is 51.0 Å². The Morgan fingerprint density at radius 1 is 0.968 bits per heavy atom. The molecule has 0 unspecified atom stereocenters. The lowest BCUT2D eigenvalue weighted by atomic mass is 10.0. The molecular formula is C21H19BrClN7O. The molecule has 1 saturated heterocycles. The van der Waals surface area contributed by atoms with Gasteiger partial charge in [0.15, 0.2) is 5.65 Å². The van der Waals surface area contributed by atoms with Crippen LogP contribution in [-0.4, -0.2) is 51.2 Å². The van der Waals surface area contributed by atoms with Crippen molar-refractivity contribution in [2.45, 2.75) is 0 Å². The highest BCUT2D eigenvalue weighted by atomic mass is 79.9. The van der Waals surface area contributed by atoms with Crippen LogP contribution in [0.2, 0.25) is 0 Å². The van der Waals surface area contributed by atoms with E-state index in [1.165, 1.54) is 6.33 Å². The molecule has 1 aromatic carbocycles. The summed E-state index contributed by atoms with van der Waals surface area (Å²) in [5.41, 5.74) is 9.93. The first kappa shape index (κ1) is 21.4. The summed E-state index contributed by atoms with van der Waals surface area (Å²) in [5.74, 6) is 1.23. The molecule has 1 aliphatic rings. The van der Waals surface area contributed by atoms with Crippen molar-refractivity contribution in [3.05, 3.63) is 53.5 Å². The number of hydrogen-bond acceptors (Lipinski definition) is 8. The Kier molecular flexibility index (Phi) is 6.26. The fourth-order valence-electron chi connectivity index (χ4n) is 3.51. The maximum Gasteiger partial charge on any atom is 0.165 e. The fraction of sp³-hybridized carbons (Fsp3) is 0.190. The molecule has 0 bridgehead atoms. The minimum absolute atomic E-state index is 0. The van der Waals surface area contributed by atoms with E-state index in [9.17, 15) is 0 Å². The molecule has 31 heavy (non-hydrogen) atoms. The average molecular weight is 501 g/mol. The van der Waals surface area contributed by atoms with Gasteiger partial charge in [-0.15, -0.1) is 12.4 Å². The van der Waals surface area contributed by atoms with Gasteiger partial charge in [-0.3, -0.25) is 0 Å². The summed E-state index contributed by atoms with van der Waals surface area (Å²) >= 11 is 3.54. The number of benzene rings is 1. The molecule has 0 saturated carbocycles. The van der Waals surface area contributed by atoms with Crippen molar-refractivity contribution in [1.82, 2.24) is 24.9 Å². The first-order valence-corrected chi connectivity index (χ1v) is 10.3. The van der Waals surface area contributed by atoms with Gasteiger partial charge in [0.25, 0.3) is 0 Å². The second-order valence-electron chi connectivity index (χ2n) is 6.88. The van der Waals surface area contributed by atoms with Gasteiger partial charge in [-0.25, -0.2) is 24.9 Å². The Morgan fingerprint density at radius 2 is 1.81 bits per heavy atom. The zero-order chi connectivity index (χ0) is 20.5. The standard InChI is InChI=1S/C21H18BrN7O.ClH/c22-14-3-1-2-13(8-14)15-9-16(28-21-19(15)20(23)26-12-27-21)17-10-25-18(11-24-17)29-4-6-30-7-5-29;/h1-3,8-12H,4-7H2,(H2,23,26,27,28);1H. The third kappa shape index (κ3) is 4.30. The minimum atomic E-state index is 0. The molecular weight excluding hydrogens is 482 g/mol. The van der Waals surface area contributed by atoms with Gasteiger partial charge in [0.2, 0.25) is 0 Å². The van der Waals surface area contributed by atoms with Gasteiger partial charge in [0, 0.05) is 17.6 Å². The summed E-state index contributed by atoms with van der Waals surface area (Å²) in [6, 6.07) is 9.95. The maximum absolute atomic E-state index is 6.18. The zero-order valence-corrected chi connectivity index (χ0v) is 18.8. The number of hydrogen-bond donors (Lipinski definition) is 1. The molecule has 0 radical (unpaired) electrons. The van der Waals surface area contributed by atoms with Gasteiger partial charge in [0.1, 0.15) is 23.7 Å². The summed E-state index contributed by atoms with van der Waals surface area (Å²) in [6.07, 6.45) is 4.94. The van der Waals surface area contributed by atoms with Gasteiger partial charge in [-0.2, -0.15) is 0 Å². The Balaban J connectivity index is 0.00000231. The Hall–Kier alpha value is -2.88. The van der Waals surface area contributed by atoms with Crippen LogP contribution in [0.25, 0.3) is 33.5 Å². The van der Waals surface area contributed by atoms with E-state index < -0.39 is 0 Å². The van der Waals surface area contributed by atoms with Gasteiger partial charge >= 0.3 is 0 Å². The van der Waals surface area contributed by atoms with E-state index in [0.717, 1.165) is 39.9 Å². The molecule has 8 nitrogen and oxygen atoms in total. The number of morpholine rings is 1. The molecule has 0 spiro atoms. The zero-order valence-electron chi connectivity index (χ0n) is 16.4. The molecule has 3 aromatic heterocycles. The third-order valence-electron chi connectivity index (χ3n) is 5.00. The Labute approximate surface area is 193 Å². The van der Waals surface area contributed by atoms with Gasteiger partial charge < -0.3 is 15.4 Å². The van der Waals surface area contributed by atoms with Gasteiger partial charge in [0.05, 0.1) is 36.7 Å². The second-order valence-corrected chi connectivity index (χ2v) is 7.80. The first-order valence-electron chi connectivity index (χ1n) is 9.51. The van der Waals surface area contributed by atoms with Crippen LogP contribution >= 0.6 is 28.3 Å².